The molecule has 0 bridgehead atoms. The number of amides is 1. The Morgan fingerprint density at radius 1 is 0.950 bits per heavy atom. The van der Waals surface area contributed by atoms with Crippen molar-refractivity contribution < 1.29 is 14.3 Å². The molecule has 1 fully saturated rings. The molecule has 0 aromatic heterocycles. The zero-order chi connectivity index (χ0) is 28.3. The fourth-order valence-electron chi connectivity index (χ4n) is 6.21. The second kappa shape index (κ2) is 11.7. The van der Waals surface area contributed by atoms with Gasteiger partial charge in [0.1, 0.15) is 11.2 Å². The van der Waals surface area contributed by atoms with Crippen molar-refractivity contribution in [3.8, 4) is 5.75 Å². The van der Waals surface area contributed by atoms with Gasteiger partial charge in [0.15, 0.2) is 0 Å². The quantitative estimate of drug-likeness (QED) is 0.341. The average Bonchev–Trinajstić information content (AvgIpc) is 3.21. The summed E-state index contributed by atoms with van der Waals surface area (Å²) in [4.78, 5) is 16.4. The molecule has 1 unspecified atom stereocenters. The first-order chi connectivity index (χ1) is 19.2. The van der Waals surface area contributed by atoms with E-state index >= 15 is 0 Å². The molecule has 2 aliphatic rings. The molecule has 1 saturated heterocycles. The summed E-state index contributed by atoms with van der Waals surface area (Å²) in [7, 11) is 4.06. The van der Waals surface area contributed by atoms with Gasteiger partial charge in [0.2, 0.25) is 5.91 Å². The fourth-order valence-corrected chi connectivity index (χ4v) is 6.21. The molecule has 212 valence electrons. The highest BCUT2D eigenvalue weighted by Crippen LogP contribution is 2.51. The lowest BCUT2D eigenvalue weighted by Gasteiger charge is -2.33. The van der Waals surface area contributed by atoms with Gasteiger partial charge >= 0.3 is 0 Å². The van der Waals surface area contributed by atoms with E-state index in [0.29, 0.717) is 12.5 Å². The first kappa shape index (κ1) is 28.2. The van der Waals surface area contributed by atoms with Crippen LogP contribution in [0.5, 0.6) is 5.75 Å². The van der Waals surface area contributed by atoms with E-state index in [1.807, 2.05) is 32.3 Å². The van der Waals surface area contributed by atoms with Gasteiger partial charge in [0.05, 0.1) is 6.61 Å². The van der Waals surface area contributed by atoms with Crippen LogP contribution in [-0.2, 0) is 20.4 Å². The van der Waals surface area contributed by atoms with E-state index in [0.717, 1.165) is 66.3 Å². The van der Waals surface area contributed by atoms with E-state index in [-0.39, 0.29) is 11.3 Å². The summed E-state index contributed by atoms with van der Waals surface area (Å²) in [5.41, 5.74) is 4.84. The Kier molecular flexibility index (Phi) is 8.23. The number of fused-ring (bicyclic) bond motifs is 1. The Hall–Kier alpha value is -3.31. The number of nitrogens with one attached hydrogen (secondary N) is 1. The van der Waals surface area contributed by atoms with Gasteiger partial charge in [-0.05, 0) is 84.9 Å². The van der Waals surface area contributed by atoms with Crippen molar-refractivity contribution in [2.45, 2.75) is 63.7 Å². The molecule has 1 atom stereocenters. The van der Waals surface area contributed by atoms with E-state index in [1.54, 1.807) is 0 Å². The molecule has 2 aliphatic heterocycles. The van der Waals surface area contributed by atoms with Gasteiger partial charge in [-0.2, -0.15) is 0 Å². The van der Waals surface area contributed by atoms with Crippen molar-refractivity contribution in [3.05, 3.63) is 89.0 Å². The van der Waals surface area contributed by atoms with Crippen molar-refractivity contribution in [1.29, 1.82) is 0 Å². The molecule has 5 nitrogen and oxygen atoms in total. The maximum absolute atomic E-state index is 14.3. The third kappa shape index (κ3) is 5.49. The molecule has 3 aromatic rings. The van der Waals surface area contributed by atoms with Crippen LogP contribution in [0, 0.1) is 5.92 Å². The number of carbonyl (C=O) groups excluding carboxylic acids is 1. The van der Waals surface area contributed by atoms with Crippen LogP contribution in [0.2, 0.25) is 0 Å². The molecule has 5 rings (SSSR count). The van der Waals surface area contributed by atoms with Crippen LogP contribution in [0.25, 0.3) is 0 Å². The number of hydrogen-bond donors (Lipinski definition) is 1. The first-order valence-electron chi connectivity index (χ1n) is 14.8. The molecule has 5 heteroatoms. The van der Waals surface area contributed by atoms with Crippen LogP contribution >= 0.6 is 0 Å². The normalized spacial score (nSPS) is 19.9. The van der Waals surface area contributed by atoms with Gasteiger partial charge in [0, 0.05) is 49.8 Å². The zero-order valence-electron chi connectivity index (χ0n) is 24.8. The Balaban J connectivity index is 1.61. The second-order valence-corrected chi connectivity index (χ2v) is 12.6. The topological polar surface area (TPSA) is 50.8 Å². The molecule has 1 N–H and O–H groups in total. The molecule has 0 spiro atoms. The van der Waals surface area contributed by atoms with Crippen LogP contribution in [0.1, 0.15) is 75.1 Å². The highest BCUT2D eigenvalue weighted by atomic mass is 16.5. The van der Waals surface area contributed by atoms with E-state index < -0.39 is 5.41 Å². The van der Waals surface area contributed by atoms with Gasteiger partial charge in [-0.3, -0.25) is 4.79 Å². The minimum absolute atomic E-state index is 0.0396. The third-order valence-corrected chi connectivity index (χ3v) is 8.57. The summed E-state index contributed by atoms with van der Waals surface area (Å²) < 4.78 is 12.3. The Bertz CT molecular complexity index is 1320. The Morgan fingerprint density at radius 2 is 1.65 bits per heavy atom. The lowest BCUT2D eigenvalue weighted by atomic mass is 9.68. The largest absolute Gasteiger partial charge is 0.493 e. The highest BCUT2D eigenvalue weighted by Gasteiger charge is 2.51. The molecule has 0 radical (unpaired) electrons. The van der Waals surface area contributed by atoms with Crippen LogP contribution in [0.15, 0.2) is 66.7 Å². The zero-order valence-corrected chi connectivity index (χ0v) is 24.8. The first-order valence-corrected chi connectivity index (χ1v) is 14.8. The van der Waals surface area contributed by atoms with Crippen LogP contribution in [-0.4, -0.2) is 39.8 Å². The summed E-state index contributed by atoms with van der Waals surface area (Å²) in [6.45, 7) is 9.00. The van der Waals surface area contributed by atoms with E-state index in [1.165, 1.54) is 18.4 Å². The van der Waals surface area contributed by atoms with Gasteiger partial charge < -0.3 is 19.7 Å². The predicted octanol–water partition coefficient (Wildman–Crippen LogP) is 7.31. The van der Waals surface area contributed by atoms with Crippen LogP contribution < -0.4 is 15.0 Å². The highest BCUT2D eigenvalue weighted by molar-refractivity contribution is 6.11. The van der Waals surface area contributed by atoms with Gasteiger partial charge in [-0.15, -0.1) is 0 Å². The number of carbonyl (C=O) groups is 1. The van der Waals surface area contributed by atoms with E-state index in [2.05, 4.69) is 79.5 Å². The molecular weight excluding hydrogens is 496 g/mol. The van der Waals surface area contributed by atoms with Gasteiger partial charge in [-0.25, -0.2) is 0 Å². The van der Waals surface area contributed by atoms with Crippen molar-refractivity contribution in [2.75, 3.05) is 44.1 Å². The summed E-state index contributed by atoms with van der Waals surface area (Å²) >= 11 is 0. The van der Waals surface area contributed by atoms with Crippen molar-refractivity contribution in [1.82, 2.24) is 0 Å². The molecule has 3 aromatic carbocycles. The molecule has 0 aliphatic carbocycles. The van der Waals surface area contributed by atoms with Crippen LogP contribution in [0.3, 0.4) is 0 Å². The summed E-state index contributed by atoms with van der Waals surface area (Å²) in [5, 5.41) is 3.21. The summed E-state index contributed by atoms with van der Waals surface area (Å²) in [6.07, 6.45) is 5.58. The minimum Gasteiger partial charge on any atom is -0.493 e. The Labute approximate surface area is 239 Å². The van der Waals surface area contributed by atoms with E-state index in [4.69, 9.17) is 9.47 Å². The number of rotatable bonds is 7. The molecular formula is C35H44N2O3. The molecule has 0 saturated carbocycles. The number of ether oxygens (including phenoxy) is 2. The summed E-state index contributed by atoms with van der Waals surface area (Å²) in [6, 6.07) is 22.9. The standard InChI is InChI=1S/C35H44N2O3/c1-34(2,3)27-16-19-32(40-23-20-25-10-8-21-39-22-9-11-25)30(24-27)35(26-14-17-28(18-15-26)37(4)5)29-12-6-7-13-31(29)36-33(35)38/h6-7,12-19,24-25H,8-11,20-23H2,1-5H3,(H,36,38). The number of hydrogen-bond acceptors (Lipinski definition) is 4. The van der Waals surface area contributed by atoms with E-state index in [9.17, 15) is 4.79 Å². The molecule has 40 heavy (non-hydrogen) atoms. The maximum atomic E-state index is 14.3. The predicted molar refractivity (Wildman–Crippen MR) is 164 cm³/mol. The SMILES string of the molecule is CN(C)c1ccc(C2(c3cc(C(C)(C)C)ccc3OCCC3CCCOCCC3)C(=O)Nc3ccccc32)cc1. The lowest BCUT2D eigenvalue weighted by molar-refractivity contribution is -0.118. The Morgan fingerprint density at radius 3 is 2.33 bits per heavy atom. The van der Waals surface area contributed by atoms with Crippen LogP contribution in [0.4, 0.5) is 11.4 Å². The summed E-state index contributed by atoms with van der Waals surface area (Å²) in [5.74, 6) is 1.39. The minimum atomic E-state index is -1.02. The number of nitrogens with zero attached hydrogens (tertiary/aromatic N) is 1. The molecule has 2 heterocycles. The maximum Gasteiger partial charge on any atom is 0.244 e. The number of para-hydroxylation sites is 1. The van der Waals surface area contributed by atoms with Gasteiger partial charge in [-0.1, -0.05) is 57.2 Å². The monoisotopic (exact) mass is 540 g/mol. The lowest BCUT2D eigenvalue weighted by Crippen LogP contribution is -2.38. The number of anilines is 2. The molecule has 1 amide bonds. The second-order valence-electron chi connectivity index (χ2n) is 12.6. The van der Waals surface area contributed by atoms with Gasteiger partial charge in [0.25, 0.3) is 0 Å². The van der Waals surface area contributed by atoms with Crippen molar-refractivity contribution in [2.24, 2.45) is 5.92 Å². The van der Waals surface area contributed by atoms with Crippen molar-refractivity contribution >= 4 is 17.3 Å². The number of benzene rings is 3. The smallest absolute Gasteiger partial charge is 0.244 e. The fraction of sp³-hybridized carbons (Fsp3) is 0.457. The van der Waals surface area contributed by atoms with Crippen molar-refractivity contribution in [3.63, 3.8) is 0 Å². The third-order valence-electron chi connectivity index (χ3n) is 8.57. The average molecular weight is 541 g/mol.